The number of aldehydes is 1. The first-order valence-corrected chi connectivity index (χ1v) is 5.30. The van der Waals surface area contributed by atoms with Gasteiger partial charge in [-0.05, 0) is 28.8 Å². The van der Waals surface area contributed by atoms with Crippen molar-refractivity contribution in [2.75, 3.05) is 13.2 Å². The second-order valence-electron chi connectivity index (χ2n) is 3.28. The van der Waals surface area contributed by atoms with Gasteiger partial charge in [0.15, 0.2) is 16.6 Å². The van der Waals surface area contributed by atoms with E-state index in [0.717, 1.165) is 25.7 Å². The van der Waals surface area contributed by atoms with Gasteiger partial charge in [0, 0.05) is 12.5 Å². The van der Waals surface area contributed by atoms with E-state index in [1.54, 1.807) is 0 Å². The van der Waals surface area contributed by atoms with Gasteiger partial charge in [-0.15, -0.1) is 0 Å². The van der Waals surface area contributed by atoms with Gasteiger partial charge in [-0.3, -0.25) is 4.79 Å². The topological polar surface area (TPSA) is 52.3 Å². The zero-order valence-corrected chi connectivity index (χ0v) is 9.12. The van der Waals surface area contributed by atoms with Crippen LogP contribution in [0, 0.1) is 0 Å². The number of nitrogens with zero attached hydrogens (tertiary/aromatic N) is 1. The Balaban J connectivity index is 2.25. The smallest absolute Gasteiger partial charge is 0.160 e. The highest BCUT2D eigenvalue weighted by Gasteiger charge is 2.25. The summed E-state index contributed by atoms with van der Waals surface area (Å²) in [5, 5.41) is 3.72. The first-order chi connectivity index (χ1) is 6.83. The van der Waals surface area contributed by atoms with Gasteiger partial charge in [0.25, 0.3) is 0 Å². The van der Waals surface area contributed by atoms with Gasteiger partial charge >= 0.3 is 0 Å². The molecule has 0 saturated carbocycles. The lowest BCUT2D eigenvalue weighted by Crippen LogP contribution is -2.16. The van der Waals surface area contributed by atoms with E-state index < -0.39 is 0 Å². The summed E-state index contributed by atoms with van der Waals surface area (Å²) in [4.78, 5) is 10.8. The minimum Gasteiger partial charge on any atom is -0.381 e. The van der Waals surface area contributed by atoms with Crippen molar-refractivity contribution in [2.45, 2.75) is 18.8 Å². The number of carbonyl (C=O) groups excluding carboxylic acids is 1. The number of hydrogen-bond acceptors (Lipinski definition) is 4. The lowest BCUT2D eigenvalue weighted by Gasteiger charge is -2.19. The number of hydrogen-bond donors (Lipinski definition) is 0. The third-order valence-electron chi connectivity index (χ3n) is 2.36. The summed E-state index contributed by atoms with van der Waals surface area (Å²) in [6, 6.07) is 0. The van der Waals surface area contributed by atoms with Crippen LogP contribution in [0.25, 0.3) is 0 Å². The fourth-order valence-corrected chi connectivity index (χ4v) is 2.00. The van der Waals surface area contributed by atoms with Crippen LogP contribution in [0.2, 0.25) is 0 Å². The molecule has 1 unspecified atom stereocenters. The van der Waals surface area contributed by atoms with Gasteiger partial charge < -0.3 is 9.26 Å². The summed E-state index contributed by atoms with van der Waals surface area (Å²) in [5.41, 5.74) is 0.514. The molecular weight excluding hydrogens is 250 g/mol. The molecule has 4 nitrogen and oxygen atoms in total. The molecule has 0 amide bonds. The lowest BCUT2D eigenvalue weighted by atomic mass is 9.97. The van der Waals surface area contributed by atoms with Crippen LogP contribution in [-0.2, 0) is 4.74 Å². The molecule has 5 heteroatoms. The molecule has 0 N–H and O–H groups in total. The first-order valence-electron chi connectivity index (χ1n) is 4.51. The van der Waals surface area contributed by atoms with Crippen LogP contribution >= 0.6 is 15.9 Å². The van der Waals surface area contributed by atoms with E-state index in [0.29, 0.717) is 22.5 Å². The molecule has 1 aliphatic heterocycles. The van der Waals surface area contributed by atoms with Crippen LogP contribution in [0.5, 0.6) is 0 Å². The molecule has 0 aromatic carbocycles. The summed E-state index contributed by atoms with van der Waals surface area (Å²) in [5.74, 6) is 0.814. The third kappa shape index (κ3) is 1.74. The highest BCUT2D eigenvalue weighted by molar-refractivity contribution is 9.10. The molecule has 1 fully saturated rings. The number of rotatable bonds is 2. The van der Waals surface area contributed by atoms with E-state index >= 15 is 0 Å². The molecule has 0 spiro atoms. The SMILES string of the molecule is O=Cc1c(Br)noc1C1CCCOC1. The van der Waals surface area contributed by atoms with E-state index in [4.69, 9.17) is 9.26 Å². The monoisotopic (exact) mass is 259 g/mol. The molecule has 0 bridgehead atoms. The van der Waals surface area contributed by atoms with Crippen molar-refractivity contribution in [3.8, 4) is 0 Å². The minimum absolute atomic E-state index is 0.169. The Morgan fingerprint density at radius 2 is 2.43 bits per heavy atom. The van der Waals surface area contributed by atoms with Gasteiger partial charge in [0.05, 0.1) is 12.2 Å². The van der Waals surface area contributed by atoms with Crippen molar-refractivity contribution < 1.29 is 14.1 Å². The second kappa shape index (κ2) is 4.23. The minimum atomic E-state index is 0.169. The zero-order valence-electron chi connectivity index (χ0n) is 7.53. The molecule has 1 aromatic heterocycles. The van der Waals surface area contributed by atoms with Crippen molar-refractivity contribution in [1.29, 1.82) is 0 Å². The van der Waals surface area contributed by atoms with E-state index in [9.17, 15) is 4.79 Å². The second-order valence-corrected chi connectivity index (χ2v) is 4.03. The Labute approximate surface area is 89.7 Å². The van der Waals surface area contributed by atoms with E-state index in [-0.39, 0.29) is 5.92 Å². The first kappa shape index (κ1) is 9.86. The maximum Gasteiger partial charge on any atom is 0.160 e. The molecule has 1 saturated heterocycles. The van der Waals surface area contributed by atoms with Crippen molar-refractivity contribution in [3.63, 3.8) is 0 Å². The van der Waals surface area contributed by atoms with Gasteiger partial charge in [-0.25, -0.2) is 0 Å². The highest BCUT2D eigenvalue weighted by Crippen LogP contribution is 2.30. The number of ether oxygens (including phenoxy) is 1. The van der Waals surface area contributed by atoms with Crippen LogP contribution in [0.1, 0.15) is 34.9 Å². The van der Waals surface area contributed by atoms with Gasteiger partial charge in [-0.2, -0.15) is 0 Å². The number of aromatic nitrogens is 1. The molecule has 0 radical (unpaired) electrons. The largest absolute Gasteiger partial charge is 0.381 e. The molecular formula is C9H10BrNO3. The number of halogens is 1. The summed E-state index contributed by atoms with van der Waals surface area (Å²) in [6.45, 7) is 1.41. The molecule has 1 aliphatic rings. The standard InChI is InChI=1S/C9H10BrNO3/c10-9-7(4-12)8(14-11-9)6-2-1-3-13-5-6/h4,6H,1-3,5H2. The Morgan fingerprint density at radius 1 is 1.57 bits per heavy atom. The normalized spacial score (nSPS) is 22.2. The number of carbonyl (C=O) groups is 1. The quantitative estimate of drug-likeness (QED) is 0.764. The van der Waals surface area contributed by atoms with Crippen LogP contribution in [0.4, 0.5) is 0 Å². The Morgan fingerprint density at radius 3 is 3.07 bits per heavy atom. The summed E-state index contributed by atoms with van der Waals surface area (Å²) in [6.07, 6.45) is 2.76. The average Bonchev–Trinajstić information content (AvgIpc) is 2.61. The molecule has 76 valence electrons. The van der Waals surface area contributed by atoms with Crippen LogP contribution < -0.4 is 0 Å². The van der Waals surface area contributed by atoms with E-state index in [1.165, 1.54) is 0 Å². The molecule has 2 heterocycles. The highest BCUT2D eigenvalue weighted by atomic mass is 79.9. The van der Waals surface area contributed by atoms with Gasteiger partial charge in [0.1, 0.15) is 0 Å². The van der Waals surface area contributed by atoms with Crippen molar-refractivity contribution in [1.82, 2.24) is 5.16 Å². The summed E-state index contributed by atoms with van der Waals surface area (Å²) < 4.78 is 10.9. The predicted molar refractivity (Wildman–Crippen MR) is 52.4 cm³/mol. The van der Waals surface area contributed by atoms with Crippen LogP contribution in [0.3, 0.4) is 0 Å². The third-order valence-corrected chi connectivity index (χ3v) is 2.93. The molecule has 1 atom stereocenters. The van der Waals surface area contributed by atoms with Crippen molar-refractivity contribution in [3.05, 3.63) is 15.9 Å². The Bertz CT molecular complexity index is 331. The predicted octanol–water partition coefficient (Wildman–Crippen LogP) is 2.14. The fraction of sp³-hybridized carbons (Fsp3) is 0.556. The Kier molecular flexibility index (Phi) is 2.98. The van der Waals surface area contributed by atoms with Gasteiger partial charge in [-0.1, -0.05) is 5.16 Å². The van der Waals surface area contributed by atoms with Gasteiger partial charge in [0.2, 0.25) is 0 Å². The molecule has 0 aliphatic carbocycles. The fourth-order valence-electron chi connectivity index (χ4n) is 1.64. The molecule has 1 aromatic rings. The van der Waals surface area contributed by atoms with E-state index in [2.05, 4.69) is 21.1 Å². The van der Waals surface area contributed by atoms with E-state index in [1.807, 2.05) is 0 Å². The molecule has 14 heavy (non-hydrogen) atoms. The maximum absolute atomic E-state index is 10.8. The average molecular weight is 260 g/mol. The molecule has 2 rings (SSSR count). The zero-order chi connectivity index (χ0) is 9.97. The lowest BCUT2D eigenvalue weighted by molar-refractivity contribution is 0.0717. The van der Waals surface area contributed by atoms with Crippen molar-refractivity contribution in [2.24, 2.45) is 0 Å². The van der Waals surface area contributed by atoms with Crippen LogP contribution in [0.15, 0.2) is 9.13 Å². The Hall–Kier alpha value is -0.680. The summed E-state index contributed by atoms with van der Waals surface area (Å²) >= 11 is 3.17. The maximum atomic E-state index is 10.8. The van der Waals surface area contributed by atoms with Crippen molar-refractivity contribution >= 4 is 22.2 Å². The van der Waals surface area contributed by atoms with Crippen LogP contribution in [-0.4, -0.2) is 24.7 Å². The summed E-state index contributed by atoms with van der Waals surface area (Å²) in [7, 11) is 0.